The minimum atomic E-state index is -3.27. The van der Waals surface area contributed by atoms with Crippen molar-refractivity contribution >= 4 is 12.7 Å². The van der Waals surface area contributed by atoms with Crippen molar-refractivity contribution in [2.24, 2.45) is 0 Å². The summed E-state index contributed by atoms with van der Waals surface area (Å²) in [4.78, 5) is 0. The van der Waals surface area contributed by atoms with Crippen molar-refractivity contribution in [3.63, 3.8) is 0 Å². The van der Waals surface area contributed by atoms with E-state index in [2.05, 4.69) is 0 Å². The highest BCUT2D eigenvalue weighted by Gasteiger charge is 2.34. The summed E-state index contributed by atoms with van der Waals surface area (Å²) in [7, 11) is -3.27. The van der Waals surface area contributed by atoms with E-state index >= 15 is 0 Å². The zero-order valence-electron chi connectivity index (χ0n) is 11.5. The van der Waals surface area contributed by atoms with Gasteiger partial charge < -0.3 is 9.63 Å². The molecule has 2 aromatic rings. The molecular formula is C16H19O3P. The molecule has 2 aromatic carbocycles. The molecule has 0 aliphatic carbocycles. The summed E-state index contributed by atoms with van der Waals surface area (Å²) in [6, 6.07) is 18.5. The fraction of sp³-hybridized carbons (Fsp3) is 0.250. The molecule has 2 rings (SSSR count). The van der Waals surface area contributed by atoms with E-state index < -0.39 is 13.2 Å². The van der Waals surface area contributed by atoms with Gasteiger partial charge in [0.15, 0.2) is 0 Å². The van der Waals surface area contributed by atoms with E-state index in [0.29, 0.717) is 18.3 Å². The number of rotatable bonds is 6. The Bertz CT molecular complexity index is 569. The lowest BCUT2D eigenvalue weighted by atomic mass is 10.2. The van der Waals surface area contributed by atoms with Gasteiger partial charge in [0.1, 0.15) is 5.85 Å². The maximum absolute atomic E-state index is 13.0. The molecule has 0 aliphatic heterocycles. The summed E-state index contributed by atoms with van der Waals surface area (Å²) in [6.07, 6.45) is 0.313. The zero-order valence-corrected chi connectivity index (χ0v) is 12.4. The number of aliphatic hydroxyl groups is 1. The summed E-state index contributed by atoms with van der Waals surface area (Å²) in [5.74, 6) is -1.03. The monoisotopic (exact) mass is 290 g/mol. The van der Waals surface area contributed by atoms with E-state index in [0.717, 1.165) is 5.56 Å². The van der Waals surface area contributed by atoms with Gasteiger partial charge in [-0.2, -0.15) is 0 Å². The van der Waals surface area contributed by atoms with Gasteiger partial charge in [-0.15, -0.1) is 0 Å². The number of hydrogen-bond acceptors (Lipinski definition) is 3. The van der Waals surface area contributed by atoms with E-state index in [1.807, 2.05) is 36.4 Å². The lowest BCUT2D eigenvalue weighted by Crippen LogP contribution is -2.21. The molecule has 2 atom stereocenters. The number of hydrogen-bond donors (Lipinski definition) is 1. The van der Waals surface area contributed by atoms with Crippen molar-refractivity contribution < 1.29 is 14.2 Å². The quantitative estimate of drug-likeness (QED) is 0.831. The fourth-order valence-electron chi connectivity index (χ4n) is 2.11. The Morgan fingerprint density at radius 2 is 1.60 bits per heavy atom. The minimum Gasteiger partial charge on any atom is -0.382 e. The maximum Gasteiger partial charge on any atom is 0.260 e. The third-order valence-corrected chi connectivity index (χ3v) is 5.72. The average Bonchev–Trinajstić information content (AvgIpc) is 2.49. The molecule has 0 spiro atoms. The highest BCUT2D eigenvalue weighted by molar-refractivity contribution is 7.67. The van der Waals surface area contributed by atoms with Gasteiger partial charge in [0.25, 0.3) is 7.37 Å². The summed E-state index contributed by atoms with van der Waals surface area (Å²) >= 11 is 0. The van der Waals surface area contributed by atoms with Gasteiger partial charge in [-0.1, -0.05) is 48.5 Å². The van der Waals surface area contributed by atoms with Crippen molar-refractivity contribution in [1.82, 2.24) is 0 Å². The molecule has 3 nitrogen and oxygen atoms in total. The second-order valence-corrected chi connectivity index (χ2v) is 7.09. The third-order valence-electron chi connectivity index (χ3n) is 3.09. The average molecular weight is 290 g/mol. The molecule has 0 bridgehead atoms. The van der Waals surface area contributed by atoms with Crippen LogP contribution in [0.3, 0.4) is 0 Å². The van der Waals surface area contributed by atoms with E-state index in [4.69, 9.17) is 4.52 Å². The van der Waals surface area contributed by atoms with E-state index in [-0.39, 0.29) is 0 Å². The molecular weight excluding hydrogens is 271 g/mol. The molecule has 20 heavy (non-hydrogen) atoms. The smallest absolute Gasteiger partial charge is 0.260 e. The van der Waals surface area contributed by atoms with Crippen molar-refractivity contribution in [2.45, 2.75) is 19.2 Å². The van der Waals surface area contributed by atoms with Crippen LogP contribution in [0, 0.1) is 0 Å². The van der Waals surface area contributed by atoms with E-state index in [9.17, 15) is 9.67 Å². The Balaban J connectivity index is 2.26. The van der Waals surface area contributed by atoms with Crippen LogP contribution in [0.2, 0.25) is 0 Å². The van der Waals surface area contributed by atoms with Crippen LogP contribution in [0.1, 0.15) is 12.5 Å². The second kappa shape index (κ2) is 6.85. The van der Waals surface area contributed by atoms with Crippen LogP contribution in [0.5, 0.6) is 0 Å². The first-order valence-electron chi connectivity index (χ1n) is 6.68. The normalized spacial score (nSPS) is 15.5. The van der Waals surface area contributed by atoms with Gasteiger partial charge in [0.05, 0.1) is 6.61 Å². The summed E-state index contributed by atoms with van der Waals surface area (Å²) in [5.41, 5.74) is 0.941. The topological polar surface area (TPSA) is 46.5 Å². The Morgan fingerprint density at radius 3 is 2.15 bits per heavy atom. The van der Waals surface area contributed by atoms with Gasteiger partial charge in [-0.3, -0.25) is 4.57 Å². The second-order valence-electron chi connectivity index (χ2n) is 4.52. The van der Waals surface area contributed by atoms with E-state index in [1.165, 1.54) is 0 Å². The molecule has 4 heteroatoms. The lowest BCUT2D eigenvalue weighted by molar-refractivity contribution is 0.215. The third kappa shape index (κ3) is 3.37. The Hall–Kier alpha value is -1.41. The summed E-state index contributed by atoms with van der Waals surface area (Å²) in [6.45, 7) is 2.09. The molecule has 0 saturated carbocycles. The maximum atomic E-state index is 13.0. The van der Waals surface area contributed by atoms with Crippen LogP contribution in [0.4, 0.5) is 0 Å². The molecule has 0 fully saturated rings. The van der Waals surface area contributed by atoms with Crippen LogP contribution in [-0.4, -0.2) is 17.6 Å². The van der Waals surface area contributed by atoms with Gasteiger partial charge in [-0.25, -0.2) is 0 Å². The first-order valence-corrected chi connectivity index (χ1v) is 8.38. The molecule has 0 saturated heterocycles. The molecule has 1 unspecified atom stereocenters. The molecule has 0 radical (unpaired) electrons. The number of aliphatic hydroxyl groups excluding tert-OH is 1. The molecule has 0 amide bonds. The predicted octanol–water partition coefficient (Wildman–Crippen LogP) is 3.19. The van der Waals surface area contributed by atoms with Crippen molar-refractivity contribution in [3.8, 4) is 0 Å². The van der Waals surface area contributed by atoms with Crippen LogP contribution in [0.15, 0.2) is 60.7 Å². The van der Waals surface area contributed by atoms with Crippen LogP contribution in [-0.2, 0) is 15.5 Å². The Labute approximate surface area is 119 Å². The fourth-order valence-corrected chi connectivity index (χ4v) is 4.19. The first-order chi connectivity index (χ1) is 9.66. The van der Waals surface area contributed by atoms with Gasteiger partial charge >= 0.3 is 0 Å². The summed E-state index contributed by atoms with van der Waals surface area (Å²) < 4.78 is 18.5. The first kappa shape index (κ1) is 15.0. The van der Waals surface area contributed by atoms with Gasteiger partial charge in [-0.05, 0) is 24.6 Å². The largest absolute Gasteiger partial charge is 0.382 e. The SMILES string of the molecule is CCOP(=O)(c1ccccc1)[C@H](O)Cc1ccccc1. The highest BCUT2D eigenvalue weighted by atomic mass is 31.2. The van der Waals surface area contributed by atoms with Crippen LogP contribution in [0.25, 0.3) is 0 Å². The molecule has 106 valence electrons. The predicted molar refractivity (Wildman–Crippen MR) is 81.5 cm³/mol. The minimum absolute atomic E-state index is 0.304. The highest BCUT2D eigenvalue weighted by Crippen LogP contribution is 2.50. The number of benzene rings is 2. The van der Waals surface area contributed by atoms with Crippen LogP contribution < -0.4 is 5.30 Å². The van der Waals surface area contributed by atoms with Crippen molar-refractivity contribution in [2.75, 3.05) is 6.61 Å². The molecule has 0 aliphatic rings. The van der Waals surface area contributed by atoms with Crippen molar-refractivity contribution in [3.05, 3.63) is 66.2 Å². The Morgan fingerprint density at radius 1 is 1.05 bits per heavy atom. The van der Waals surface area contributed by atoms with Gasteiger partial charge in [0.2, 0.25) is 0 Å². The van der Waals surface area contributed by atoms with Crippen LogP contribution >= 0.6 is 7.37 Å². The Kier molecular flexibility index (Phi) is 5.13. The molecule has 1 N–H and O–H groups in total. The van der Waals surface area contributed by atoms with Gasteiger partial charge in [0, 0.05) is 11.7 Å². The summed E-state index contributed by atoms with van der Waals surface area (Å²) in [5, 5.41) is 11.0. The zero-order chi connectivity index (χ0) is 14.4. The van der Waals surface area contributed by atoms with E-state index in [1.54, 1.807) is 31.2 Å². The lowest BCUT2D eigenvalue weighted by Gasteiger charge is -2.23. The van der Waals surface area contributed by atoms with Crippen molar-refractivity contribution in [1.29, 1.82) is 0 Å². The standard InChI is InChI=1S/C16H19O3P/c1-2-19-20(18,15-11-7-4-8-12-15)16(17)13-14-9-5-3-6-10-14/h3-12,16-17H,2,13H2,1H3/t16-,20?/m0/s1. The molecule has 0 aromatic heterocycles. The molecule has 0 heterocycles.